The number of fused-ring (bicyclic) bond motifs is 1. The second-order valence-electron chi connectivity index (χ2n) is 10.6. The monoisotopic (exact) mass is 656 g/mol. The van der Waals surface area contributed by atoms with Gasteiger partial charge in [0.05, 0.1) is 16.4 Å². The Morgan fingerprint density at radius 2 is 1.76 bits per heavy atom. The highest BCUT2D eigenvalue weighted by molar-refractivity contribution is 9.10. The second-order valence-corrected chi connectivity index (χ2v) is 13.4. The van der Waals surface area contributed by atoms with Gasteiger partial charge in [-0.05, 0) is 71.1 Å². The summed E-state index contributed by atoms with van der Waals surface area (Å²) < 4.78 is 68.8. The van der Waals surface area contributed by atoms with E-state index in [0.29, 0.717) is 74.3 Å². The summed E-state index contributed by atoms with van der Waals surface area (Å²) in [6.45, 7) is 4.08. The molecule has 2 aromatic carbocycles. The first kappa shape index (κ1) is 29.8. The van der Waals surface area contributed by atoms with Crippen LogP contribution in [-0.2, 0) is 32.2 Å². The lowest BCUT2D eigenvalue weighted by atomic mass is 9.97. The van der Waals surface area contributed by atoms with Crippen LogP contribution in [0.3, 0.4) is 0 Å². The quantitative estimate of drug-likeness (QED) is 0.473. The number of anilines is 2. The standard InChI is InChI=1S/C28H32BrF3N4O4S/c1-2-26(37)36-10-8-19-15-23(29)25(17-24(19)36)41(39,40)35-9-4-5-20(18-35)27(38)34-13-11-33(12-14-34)22-7-3-6-21(16-22)28(30,31)32/h3,6-7,15-17,20H,2,4-5,8-14,18H2,1H3. The van der Waals surface area contributed by atoms with Crippen LogP contribution < -0.4 is 9.80 Å². The van der Waals surface area contributed by atoms with E-state index >= 15 is 0 Å². The predicted molar refractivity (Wildman–Crippen MR) is 152 cm³/mol. The van der Waals surface area contributed by atoms with Crippen LogP contribution >= 0.6 is 15.9 Å². The van der Waals surface area contributed by atoms with Crippen LogP contribution in [0.5, 0.6) is 0 Å². The SMILES string of the molecule is CCC(=O)N1CCc2cc(Br)c(S(=O)(=O)N3CCCC(C(=O)N4CCN(c5cccc(C(F)(F)F)c5)CC4)C3)cc21. The van der Waals surface area contributed by atoms with Gasteiger partial charge in [-0.1, -0.05) is 13.0 Å². The van der Waals surface area contributed by atoms with E-state index in [2.05, 4.69) is 15.9 Å². The summed E-state index contributed by atoms with van der Waals surface area (Å²) in [5, 5.41) is 0. The van der Waals surface area contributed by atoms with Gasteiger partial charge in [0.2, 0.25) is 21.8 Å². The Labute approximate surface area is 246 Å². The van der Waals surface area contributed by atoms with Gasteiger partial charge in [-0.15, -0.1) is 0 Å². The van der Waals surface area contributed by atoms with Crippen LogP contribution in [0, 0.1) is 5.92 Å². The van der Waals surface area contributed by atoms with Crippen LogP contribution in [0.2, 0.25) is 0 Å². The molecule has 13 heteroatoms. The van der Waals surface area contributed by atoms with Crippen LogP contribution in [-0.4, -0.2) is 75.3 Å². The largest absolute Gasteiger partial charge is 0.416 e. The van der Waals surface area contributed by atoms with Gasteiger partial charge < -0.3 is 14.7 Å². The molecule has 2 fully saturated rings. The summed E-state index contributed by atoms with van der Waals surface area (Å²) in [5.74, 6) is -0.711. The molecule has 0 saturated carbocycles. The zero-order valence-electron chi connectivity index (χ0n) is 22.7. The van der Waals surface area contributed by atoms with E-state index in [1.54, 1.807) is 34.9 Å². The Kier molecular flexibility index (Phi) is 8.41. The minimum absolute atomic E-state index is 0.0517. The van der Waals surface area contributed by atoms with E-state index in [0.717, 1.165) is 17.7 Å². The molecule has 2 amide bonds. The Morgan fingerprint density at radius 1 is 1.02 bits per heavy atom. The topological polar surface area (TPSA) is 81.2 Å². The molecule has 0 bridgehead atoms. The molecule has 0 radical (unpaired) electrons. The van der Waals surface area contributed by atoms with Crippen molar-refractivity contribution in [2.24, 2.45) is 5.92 Å². The fourth-order valence-corrected chi connectivity index (χ4v) is 8.45. The summed E-state index contributed by atoms with van der Waals surface area (Å²) in [6, 6.07) is 8.50. The van der Waals surface area contributed by atoms with Crippen molar-refractivity contribution in [1.29, 1.82) is 0 Å². The molecule has 41 heavy (non-hydrogen) atoms. The number of rotatable bonds is 5. The van der Waals surface area contributed by atoms with Crippen molar-refractivity contribution in [2.75, 3.05) is 55.6 Å². The van der Waals surface area contributed by atoms with Gasteiger partial charge in [0.1, 0.15) is 0 Å². The molecular weight excluding hydrogens is 625 g/mol. The van der Waals surface area contributed by atoms with Crippen molar-refractivity contribution < 1.29 is 31.2 Å². The maximum Gasteiger partial charge on any atom is 0.416 e. The predicted octanol–water partition coefficient (Wildman–Crippen LogP) is 4.52. The lowest BCUT2D eigenvalue weighted by Gasteiger charge is -2.39. The van der Waals surface area contributed by atoms with E-state index in [1.807, 2.05) is 4.90 Å². The first-order valence-corrected chi connectivity index (χ1v) is 16.0. The van der Waals surface area contributed by atoms with Crippen molar-refractivity contribution in [3.8, 4) is 0 Å². The maximum absolute atomic E-state index is 13.8. The first-order valence-electron chi connectivity index (χ1n) is 13.7. The van der Waals surface area contributed by atoms with Crippen molar-refractivity contribution >= 4 is 49.1 Å². The number of nitrogens with zero attached hydrogens (tertiary/aromatic N) is 4. The molecular formula is C28H32BrF3N4O4S. The van der Waals surface area contributed by atoms with Gasteiger partial charge >= 0.3 is 6.18 Å². The number of amides is 2. The van der Waals surface area contributed by atoms with E-state index in [9.17, 15) is 31.2 Å². The van der Waals surface area contributed by atoms with E-state index in [-0.39, 0.29) is 29.8 Å². The summed E-state index contributed by atoms with van der Waals surface area (Å²) in [5.41, 5.74) is 1.27. The van der Waals surface area contributed by atoms with Crippen molar-refractivity contribution in [2.45, 2.75) is 43.7 Å². The first-order chi connectivity index (χ1) is 19.4. The molecule has 2 saturated heterocycles. The molecule has 0 spiro atoms. The molecule has 1 unspecified atom stereocenters. The Hall–Kier alpha value is -2.64. The third-order valence-corrected chi connectivity index (χ3v) is 10.9. The van der Waals surface area contributed by atoms with Gasteiger partial charge in [0.25, 0.3) is 0 Å². The summed E-state index contributed by atoms with van der Waals surface area (Å²) in [7, 11) is -3.95. The fraction of sp³-hybridized carbons (Fsp3) is 0.500. The van der Waals surface area contributed by atoms with Crippen LogP contribution in [0.4, 0.5) is 24.5 Å². The number of halogens is 4. The van der Waals surface area contributed by atoms with Crippen LogP contribution in [0.15, 0.2) is 45.8 Å². The molecule has 3 aliphatic rings. The normalized spacial score (nSPS) is 20.3. The van der Waals surface area contributed by atoms with Crippen molar-refractivity contribution in [3.05, 3.63) is 52.0 Å². The number of sulfonamides is 1. The molecule has 5 rings (SSSR count). The van der Waals surface area contributed by atoms with Gasteiger partial charge in [-0.2, -0.15) is 17.5 Å². The minimum atomic E-state index is -4.43. The number of piperazine rings is 1. The molecule has 0 aliphatic carbocycles. The average Bonchev–Trinajstić information content (AvgIpc) is 3.38. The molecule has 8 nitrogen and oxygen atoms in total. The zero-order valence-corrected chi connectivity index (χ0v) is 25.1. The Bertz CT molecular complexity index is 1440. The molecule has 0 aromatic heterocycles. The van der Waals surface area contributed by atoms with E-state index in [1.165, 1.54) is 10.4 Å². The number of hydrogen-bond acceptors (Lipinski definition) is 5. The third-order valence-electron chi connectivity index (χ3n) is 8.11. The number of piperidine rings is 1. The van der Waals surface area contributed by atoms with Gasteiger partial charge in [0, 0.05) is 68.1 Å². The van der Waals surface area contributed by atoms with Crippen LogP contribution in [0.1, 0.15) is 37.3 Å². The average molecular weight is 658 g/mol. The molecule has 222 valence electrons. The molecule has 3 aliphatic heterocycles. The van der Waals surface area contributed by atoms with Crippen molar-refractivity contribution in [1.82, 2.24) is 9.21 Å². The summed E-state index contributed by atoms with van der Waals surface area (Å²) >= 11 is 3.42. The Balaban J connectivity index is 1.26. The van der Waals surface area contributed by atoms with E-state index in [4.69, 9.17) is 0 Å². The Morgan fingerprint density at radius 3 is 2.44 bits per heavy atom. The van der Waals surface area contributed by atoms with Gasteiger partial charge in [0.15, 0.2) is 0 Å². The summed E-state index contributed by atoms with van der Waals surface area (Å²) in [4.78, 5) is 31.1. The second kappa shape index (κ2) is 11.6. The molecule has 3 heterocycles. The number of carbonyl (C=O) groups is 2. The van der Waals surface area contributed by atoms with Crippen LogP contribution in [0.25, 0.3) is 0 Å². The molecule has 0 N–H and O–H groups in total. The van der Waals surface area contributed by atoms with Gasteiger partial charge in [-0.25, -0.2) is 8.42 Å². The highest BCUT2D eigenvalue weighted by Gasteiger charge is 2.38. The highest BCUT2D eigenvalue weighted by atomic mass is 79.9. The minimum Gasteiger partial charge on any atom is -0.368 e. The molecule has 1 atom stereocenters. The zero-order chi connectivity index (χ0) is 29.5. The maximum atomic E-state index is 13.8. The number of benzene rings is 2. The van der Waals surface area contributed by atoms with Gasteiger partial charge in [-0.3, -0.25) is 9.59 Å². The molecule has 2 aromatic rings. The lowest BCUT2D eigenvalue weighted by Crippen LogP contribution is -2.53. The number of hydrogen-bond donors (Lipinski definition) is 0. The smallest absolute Gasteiger partial charge is 0.368 e. The van der Waals surface area contributed by atoms with E-state index < -0.39 is 27.7 Å². The fourth-order valence-electron chi connectivity index (χ4n) is 5.86. The number of alkyl halides is 3. The lowest BCUT2D eigenvalue weighted by molar-refractivity contribution is -0.137. The van der Waals surface area contributed by atoms with Crippen molar-refractivity contribution in [3.63, 3.8) is 0 Å². The third kappa shape index (κ3) is 5.98. The number of carbonyl (C=O) groups excluding carboxylic acids is 2. The highest BCUT2D eigenvalue weighted by Crippen LogP contribution is 2.38. The summed E-state index contributed by atoms with van der Waals surface area (Å²) in [6.07, 6.45) is -2.36.